The van der Waals surface area contributed by atoms with E-state index in [0.717, 1.165) is 17.7 Å². The van der Waals surface area contributed by atoms with Gasteiger partial charge in [-0.25, -0.2) is 0 Å². The van der Waals surface area contributed by atoms with Gasteiger partial charge in [0.1, 0.15) is 0 Å². The number of nitrogens with one attached hydrogen (secondary N) is 3. The van der Waals surface area contributed by atoms with Crippen LogP contribution in [0.4, 0.5) is 5.69 Å². The second kappa shape index (κ2) is 5.85. The van der Waals surface area contributed by atoms with Crippen molar-refractivity contribution in [3.8, 4) is 11.3 Å². The molecule has 0 atom stereocenters. The number of nitrogens with zero attached hydrogens (tertiary/aromatic N) is 1. The number of rotatable bonds is 6. The van der Waals surface area contributed by atoms with Crippen LogP contribution in [0, 0.1) is 0 Å². The normalized spacial score (nSPS) is 11.4. The van der Waals surface area contributed by atoms with Gasteiger partial charge in [-0.15, -0.1) is 0 Å². The fourth-order valence-electron chi connectivity index (χ4n) is 1.59. The fraction of sp³-hybridized carbons (Fsp3) is 0.250. The van der Waals surface area contributed by atoms with Crippen LogP contribution < -0.4 is 9.44 Å². The lowest BCUT2D eigenvalue weighted by atomic mass is 10.1. The number of anilines is 1. The van der Waals surface area contributed by atoms with Gasteiger partial charge in [0.2, 0.25) is 0 Å². The Balaban J connectivity index is 2.16. The first kappa shape index (κ1) is 13.6. The van der Waals surface area contributed by atoms with Gasteiger partial charge < -0.3 is 0 Å². The van der Waals surface area contributed by atoms with Crippen molar-refractivity contribution in [2.75, 3.05) is 11.3 Å². The van der Waals surface area contributed by atoms with Crippen molar-refractivity contribution in [3.63, 3.8) is 0 Å². The summed E-state index contributed by atoms with van der Waals surface area (Å²) in [5.41, 5.74) is 2.21. The van der Waals surface area contributed by atoms with E-state index in [1.54, 1.807) is 24.4 Å². The molecule has 0 spiro atoms. The van der Waals surface area contributed by atoms with Gasteiger partial charge in [0.15, 0.2) is 0 Å². The van der Waals surface area contributed by atoms with E-state index < -0.39 is 10.2 Å². The molecule has 0 fully saturated rings. The predicted octanol–water partition coefficient (Wildman–Crippen LogP) is 1.73. The summed E-state index contributed by atoms with van der Waals surface area (Å²) in [6.07, 6.45) is 2.39. The molecule has 0 aliphatic carbocycles. The van der Waals surface area contributed by atoms with Crippen LogP contribution in [0.5, 0.6) is 0 Å². The van der Waals surface area contributed by atoms with Crippen molar-refractivity contribution in [1.29, 1.82) is 0 Å². The summed E-state index contributed by atoms with van der Waals surface area (Å²) in [7, 11) is -3.51. The van der Waals surface area contributed by atoms with Crippen LogP contribution in [0.15, 0.2) is 36.5 Å². The third-order valence-electron chi connectivity index (χ3n) is 2.47. The second-order valence-electron chi connectivity index (χ2n) is 4.05. The minimum Gasteiger partial charge on any atom is -0.278 e. The summed E-state index contributed by atoms with van der Waals surface area (Å²) in [6, 6.07) is 8.94. The molecule has 0 amide bonds. The monoisotopic (exact) mass is 280 g/mol. The Morgan fingerprint density at radius 1 is 1.32 bits per heavy atom. The zero-order valence-electron chi connectivity index (χ0n) is 10.6. The van der Waals surface area contributed by atoms with Gasteiger partial charge in [0.25, 0.3) is 10.2 Å². The summed E-state index contributed by atoms with van der Waals surface area (Å²) >= 11 is 0. The van der Waals surface area contributed by atoms with Gasteiger partial charge in [-0.1, -0.05) is 19.1 Å². The Bertz CT molecular complexity index is 623. The lowest BCUT2D eigenvalue weighted by molar-refractivity contribution is 0.586. The van der Waals surface area contributed by atoms with Crippen molar-refractivity contribution >= 4 is 15.9 Å². The topological polar surface area (TPSA) is 86.9 Å². The van der Waals surface area contributed by atoms with Crippen LogP contribution in [-0.2, 0) is 10.2 Å². The average molecular weight is 280 g/mol. The van der Waals surface area contributed by atoms with E-state index >= 15 is 0 Å². The number of H-pyrrole nitrogens is 1. The van der Waals surface area contributed by atoms with E-state index in [4.69, 9.17) is 0 Å². The molecule has 7 heteroatoms. The smallest absolute Gasteiger partial charge is 0.278 e. The van der Waals surface area contributed by atoms with E-state index in [-0.39, 0.29) is 0 Å². The van der Waals surface area contributed by atoms with Crippen LogP contribution >= 0.6 is 0 Å². The molecule has 0 saturated carbocycles. The zero-order valence-corrected chi connectivity index (χ0v) is 11.4. The van der Waals surface area contributed by atoms with Gasteiger partial charge >= 0.3 is 0 Å². The second-order valence-corrected chi connectivity index (χ2v) is 5.55. The number of hydrogen-bond donors (Lipinski definition) is 3. The maximum absolute atomic E-state index is 11.7. The number of benzene rings is 1. The molecular formula is C12H16N4O2S. The maximum atomic E-state index is 11.7. The first-order chi connectivity index (χ1) is 9.11. The van der Waals surface area contributed by atoms with Crippen molar-refractivity contribution in [2.24, 2.45) is 0 Å². The van der Waals surface area contributed by atoms with Crippen LogP contribution in [0.1, 0.15) is 13.3 Å². The predicted molar refractivity (Wildman–Crippen MR) is 74.9 cm³/mol. The number of aromatic amines is 1. The quantitative estimate of drug-likeness (QED) is 0.753. The van der Waals surface area contributed by atoms with Gasteiger partial charge in [-0.2, -0.15) is 18.2 Å². The van der Waals surface area contributed by atoms with Gasteiger partial charge in [-0.05, 0) is 24.6 Å². The molecule has 0 radical (unpaired) electrons. The highest BCUT2D eigenvalue weighted by molar-refractivity contribution is 7.90. The van der Waals surface area contributed by atoms with Gasteiger partial charge in [0, 0.05) is 18.3 Å². The highest BCUT2D eigenvalue weighted by atomic mass is 32.2. The van der Waals surface area contributed by atoms with E-state index in [9.17, 15) is 8.42 Å². The molecule has 2 rings (SSSR count). The van der Waals surface area contributed by atoms with Crippen LogP contribution in [0.2, 0.25) is 0 Å². The molecular weight excluding hydrogens is 264 g/mol. The Labute approximate surface area is 112 Å². The van der Waals surface area contributed by atoms with Crippen molar-refractivity contribution in [2.45, 2.75) is 13.3 Å². The summed E-state index contributed by atoms with van der Waals surface area (Å²) in [5.74, 6) is 0. The molecule has 0 aliphatic rings. The van der Waals surface area contributed by atoms with Crippen LogP contribution in [-0.4, -0.2) is 25.2 Å². The molecule has 3 N–H and O–H groups in total. The third kappa shape index (κ3) is 3.80. The molecule has 0 saturated heterocycles. The van der Waals surface area contributed by atoms with Gasteiger partial charge in [0.05, 0.1) is 11.4 Å². The molecule has 0 unspecified atom stereocenters. The molecule has 102 valence electrons. The molecule has 19 heavy (non-hydrogen) atoms. The van der Waals surface area contributed by atoms with E-state index in [1.807, 2.05) is 19.1 Å². The first-order valence-corrected chi connectivity index (χ1v) is 7.46. The highest BCUT2D eigenvalue weighted by Gasteiger charge is 2.09. The molecule has 6 nitrogen and oxygen atoms in total. The Morgan fingerprint density at radius 2 is 2.16 bits per heavy atom. The minimum absolute atomic E-state index is 0.412. The minimum atomic E-state index is -3.51. The molecule has 0 aliphatic heterocycles. The largest absolute Gasteiger partial charge is 0.299 e. The van der Waals surface area contributed by atoms with Gasteiger partial charge in [-0.3, -0.25) is 9.82 Å². The summed E-state index contributed by atoms with van der Waals surface area (Å²) in [4.78, 5) is 0. The van der Waals surface area contributed by atoms with Crippen LogP contribution in [0.3, 0.4) is 0 Å². The Hall–Kier alpha value is -1.86. The average Bonchev–Trinajstić information content (AvgIpc) is 2.90. The summed E-state index contributed by atoms with van der Waals surface area (Å²) in [6.45, 7) is 2.32. The van der Waals surface area contributed by atoms with Crippen LogP contribution in [0.25, 0.3) is 11.3 Å². The fourth-order valence-corrected chi connectivity index (χ4v) is 2.58. The number of aromatic nitrogens is 2. The zero-order chi connectivity index (χ0) is 13.7. The lowest BCUT2D eigenvalue weighted by Crippen LogP contribution is -2.30. The van der Waals surface area contributed by atoms with Crippen molar-refractivity contribution in [3.05, 3.63) is 36.5 Å². The lowest BCUT2D eigenvalue weighted by Gasteiger charge is -2.09. The summed E-state index contributed by atoms with van der Waals surface area (Å²) in [5, 5.41) is 6.70. The van der Waals surface area contributed by atoms with E-state index in [2.05, 4.69) is 19.6 Å². The third-order valence-corrected chi connectivity index (χ3v) is 3.56. The van der Waals surface area contributed by atoms with Crippen molar-refractivity contribution in [1.82, 2.24) is 14.9 Å². The molecule has 0 bridgehead atoms. The SMILES string of the molecule is CCCNS(=O)(=O)Nc1cccc(-c2ccn[nH]2)c1. The molecule has 1 aromatic heterocycles. The highest BCUT2D eigenvalue weighted by Crippen LogP contribution is 2.20. The number of hydrogen-bond acceptors (Lipinski definition) is 3. The van der Waals surface area contributed by atoms with E-state index in [1.165, 1.54) is 0 Å². The molecule has 2 aromatic rings. The maximum Gasteiger partial charge on any atom is 0.299 e. The van der Waals surface area contributed by atoms with E-state index in [0.29, 0.717) is 12.2 Å². The molecule has 1 heterocycles. The molecule has 1 aromatic carbocycles. The Morgan fingerprint density at radius 3 is 2.84 bits per heavy atom. The Kier molecular flexibility index (Phi) is 4.18. The summed E-state index contributed by atoms with van der Waals surface area (Å²) < 4.78 is 28.4. The standard InChI is InChI=1S/C12H16N4O2S/c1-2-7-14-19(17,18)16-11-5-3-4-10(9-11)12-6-8-13-15-12/h3-6,8-9,14,16H,2,7H2,1H3,(H,13,15). The first-order valence-electron chi connectivity index (χ1n) is 5.98. The van der Waals surface area contributed by atoms with Crippen molar-refractivity contribution < 1.29 is 8.42 Å².